The van der Waals surface area contributed by atoms with E-state index in [2.05, 4.69) is 26.1 Å². The highest BCUT2D eigenvalue weighted by molar-refractivity contribution is 6.30. The summed E-state index contributed by atoms with van der Waals surface area (Å²) in [7, 11) is 0. The fraction of sp³-hybridized carbons (Fsp3) is 0.100. The van der Waals surface area contributed by atoms with Crippen molar-refractivity contribution in [2.45, 2.75) is 13.3 Å². The smallest absolute Gasteiger partial charge is 0.229 e. The van der Waals surface area contributed by atoms with Crippen LogP contribution in [0.4, 0.5) is 23.0 Å². The fourth-order valence-electron chi connectivity index (χ4n) is 2.47. The first-order valence-corrected chi connectivity index (χ1v) is 8.88. The van der Waals surface area contributed by atoms with Crippen molar-refractivity contribution in [2.24, 2.45) is 0 Å². The number of benzene rings is 2. The number of carbonyl (C=O) groups is 2. The minimum Gasteiger partial charge on any atom is -0.339 e. The Morgan fingerprint density at radius 1 is 0.893 bits per heavy atom. The second-order valence-electron chi connectivity index (χ2n) is 6.04. The fourth-order valence-corrected chi connectivity index (χ4v) is 2.59. The Morgan fingerprint density at radius 2 is 1.57 bits per heavy atom. The lowest BCUT2D eigenvalue weighted by Crippen LogP contribution is -2.15. The third-order valence-electron chi connectivity index (χ3n) is 3.67. The van der Waals surface area contributed by atoms with E-state index >= 15 is 0 Å². The van der Waals surface area contributed by atoms with Crippen molar-refractivity contribution < 1.29 is 9.59 Å². The van der Waals surface area contributed by atoms with Gasteiger partial charge in [0.1, 0.15) is 0 Å². The van der Waals surface area contributed by atoms with Gasteiger partial charge in [0.25, 0.3) is 0 Å². The van der Waals surface area contributed by atoms with Crippen molar-refractivity contribution >= 4 is 46.4 Å². The number of anilines is 4. The van der Waals surface area contributed by atoms with E-state index < -0.39 is 0 Å². The van der Waals surface area contributed by atoms with Gasteiger partial charge in [0.05, 0.1) is 6.42 Å². The number of hydrogen-bond acceptors (Lipinski definition) is 5. The molecule has 3 N–H and O–H groups in total. The summed E-state index contributed by atoms with van der Waals surface area (Å²) in [5.74, 6) is 0.531. The van der Waals surface area contributed by atoms with Crippen LogP contribution in [0.2, 0.25) is 5.02 Å². The van der Waals surface area contributed by atoms with E-state index in [1.807, 2.05) is 12.1 Å². The van der Waals surface area contributed by atoms with Gasteiger partial charge in [-0.2, -0.15) is 0 Å². The van der Waals surface area contributed by atoms with Crippen molar-refractivity contribution in [3.63, 3.8) is 0 Å². The van der Waals surface area contributed by atoms with Gasteiger partial charge in [0, 0.05) is 23.3 Å². The monoisotopic (exact) mass is 395 g/mol. The number of hydrogen-bond donors (Lipinski definition) is 3. The third kappa shape index (κ3) is 5.78. The quantitative estimate of drug-likeness (QED) is 0.586. The summed E-state index contributed by atoms with van der Waals surface area (Å²) in [5.41, 5.74) is 2.28. The van der Waals surface area contributed by atoms with Crippen LogP contribution in [0.5, 0.6) is 0 Å². The van der Waals surface area contributed by atoms with Crippen LogP contribution in [0, 0.1) is 0 Å². The molecule has 0 fully saturated rings. The Kier molecular flexibility index (Phi) is 6.18. The Balaban J connectivity index is 1.58. The molecule has 0 spiro atoms. The van der Waals surface area contributed by atoms with Gasteiger partial charge >= 0.3 is 0 Å². The second kappa shape index (κ2) is 8.96. The molecular weight excluding hydrogens is 378 g/mol. The molecule has 0 aliphatic rings. The molecule has 7 nitrogen and oxygen atoms in total. The summed E-state index contributed by atoms with van der Waals surface area (Å²) in [6, 6.07) is 17.7. The Morgan fingerprint density at radius 3 is 2.25 bits per heavy atom. The van der Waals surface area contributed by atoms with Crippen LogP contribution in [0.25, 0.3) is 0 Å². The molecule has 0 radical (unpaired) electrons. The predicted octanol–water partition coefficient (Wildman–Crippen LogP) is 4.01. The van der Waals surface area contributed by atoms with Gasteiger partial charge in [0.2, 0.25) is 11.8 Å². The normalized spacial score (nSPS) is 10.2. The molecule has 0 unspecified atom stereocenters. The predicted molar refractivity (Wildman–Crippen MR) is 110 cm³/mol. The standard InChI is InChI=1S/C20H18ClN5O2/c1-13(27)22-16-3-2-4-17(12-16)23-18-9-10-19(26-25-18)24-20(28)11-14-5-7-15(21)8-6-14/h2-10,12H,11H2,1H3,(H,22,27)(H,23,25)(H,24,26,28). The highest BCUT2D eigenvalue weighted by Gasteiger charge is 2.06. The molecule has 0 bridgehead atoms. The van der Waals surface area contributed by atoms with Crippen LogP contribution in [-0.4, -0.2) is 22.0 Å². The molecule has 0 saturated carbocycles. The van der Waals surface area contributed by atoms with Gasteiger partial charge in [-0.3, -0.25) is 9.59 Å². The van der Waals surface area contributed by atoms with Gasteiger partial charge in [-0.25, -0.2) is 0 Å². The first-order chi connectivity index (χ1) is 13.5. The lowest BCUT2D eigenvalue weighted by atomic mass is 10.1. The first-order valence-electron chi connectivity index (χ1n) is 8.50. The summed E-state index contributed by atoms with van der Waals surface area (Å²) in [5, 5.41) is 17.2. The Labute approximate surface area is 167 Å². The van der Waals surface area contributed by atoms with Crippen LogP contribution < -0.4 is 16.0 Å². The third-order valence-corrected chi connectivity index (χ3v) is 3.92. The van der Waals surface area contributed by atoms with Gasteiger partial charge in [-0.05, 0) is 48.0 Å². The van der Waals surface area contributed by atoms with E-state index in [0.717, 1.165) is 11.3 Å². The zero-order valence-electron chi connectivity index (χ0n) is 15.1. The molecule has 2 amide bonds. The van der Waals surface area contributed by atoms with E-state index in [4.69, 9.17) is 11.6 Å². The van der Waals surface area contributed by atoms with Crippen LogP contribution in [0.3, 0.4) is 0 Å². The SMILES string of the molecule is CC(=O)Nc1cccc(Nc2ccc(NC(=O)Cc3ccc(Cl)cc3)nn2)c1. The molecule has 142 valence electrons. The maximum atomic E-state index is 12.1. The molecule has 0 atom stereocenters. The van der Waals surface area contributed by atoms with E-state index in [9.17, 15) is 9.59 Å². The minimum atomic E-state index is -0.194. The van der Waals surface area contributed by atoms with Crippen molar-refractivity contribution in [3.8, 4) is 0 Å². The highest BCUT2D eigenvalue weighted by atomic mass is 35.5. The number of nitrogens with one attached hydrogen (secondary N) is 3. The molecule has 3 aromatic rings. The second-order valence-corrected chi connectivity index (χ2v) is 6.48. The van der Waals surface area contributed by atoms with Crippen LogP contribution in [-0.2, 0) is 16.0 Å². The minimum absolute atomic E-state index is 0.143. The average Bonchev–Trinajstić information content (AvgIpc) is 2.65. The van der Waals surface area contributed by atoms with Crippen molar-refractivity contribution in [3.05, 3.63) is 71.2 Å². The van der Waals surface area contributed by atoms with Crippen LogP contribution in [0.1, 0.15) is 12.5 Å². The topological polar surface area (TPSA) is 96.0 Å². The number of amides is 2. The van der Waals surface area contributed by atoms with Crippen LogP contribution in [0.15, 0.2) is 60.7 Å². The lowest BCUT2D eigenvalue weighted by molar-refractivity contribution is -0.116. The van der Waals surface area contributed by atoms with E-state index in [-0.39, 0.29) is 18.2 Å². The van der Waals surface area contributed by atoms with Gasteiger partial charge in [-0.1, -0.05) is 29.8 Å². The summed E-state index contributed by atoms with van der Waals surface area (Å²) < 4.78 is 0. The van der Waals surface area contributed by atoms with Gasteiger partial charge in [0.15, 0.2) is 11.6 Å². The largest absolute Gasteiger partial charge is 0.339 e. The molecule has 8 heteroatoms. The van der Waals surface area contributed by atoms with E-state index in [1.54, 1.807) is 48.5 Å². The lowest BCUT2D eigenvalue weighted by Gasteiger charge is -2.09. The molecular formula is C20H18ClN5O2. The average molecular weight is 396 g/mol. The number of carbonyl (C=O) groups excluding carboxylic acids is 2. The maximum absolute atomic E-state index is 12.1. The molecule has 0 aliphatic carbocycles. The number of halogens is 1. The zero-order valence-corrected chi connectivity index (χ0v) is 15.8. The van der Waals surface area contributed by atoms with E-state index in [1.165, 1.54) is 6.92 Å². The Hall–Kier alpha value is -3.45. The summed E-state index contributed by atoms with van der Waals surface area (Å²) >= 11 is 5.84. The van der Waals surface area contributed by atoms with Crippen molar-refractivity contribution in [1.82, 2.24) is 10.2 Å². The molecule has 1 aromatic heterocycles. The number of rotatable bonds is 6. The summed E-state index contributed by atoms with van der Waals surface area (Å²) in [6.07, 6.45) is 0.217. The van der Waals surface area contributed by atoms with Gasteiger partial charge < -0.3 is 16.0 Å². The first kappa shape index (κ1) is 19.3. The van der Waals surface area contributed by atoms with Crippen molar-refractivity contribution in [2.75, 3.05) is 16.0 Å². The molecule has 1 heterocycles. The summed E-state index contributed by atoms with van der Waals surface area (Å²) in [4.78, 5) is 23.3. The number of aromatic nitrogens is 2. The van der Waals surface area contributed by atoms with E-state index in [0.29, 0.717) is 22.3 Å². The van der Waals surface area contributed by atoms with Gasteiger partial charge in [-0.15, -0.1) is 10.2 Å². The molecule has 3 rings (SSSR count). The Bertz CT molecular complexity index is 975. The molecule has 28 heavy (non-hydrogen) atoms. The van der Waals surface area contributed by atoms with Crippen LogP contribution >= 0.6 is 11.6 Å². The summed E-state index contributed by atoms with van der Waals surface area (Å²) in [6.45, 7) is 1.45. The molecule has 0 saturated heterocycles. The van der Waals surface area contributed by atoms with Crippen molar-refractivity contribution in [1.29, 1.82) is 0 Å². The zero-order chi connectivity index (χ0) is 19.9. The highest BCUT2D eigenvalue weighted by Crippen LogP contribution is 2.19. The molecule has 0 aliphatic heterocycles. The molecule has 2 aromatic carbocycles. The maximum Gasteiger partial charge on any atom is 0.229 e. The number of nitrogens with zero attached hydrogens (tertiary/aromatic N) is 2.